The van der Waals surface area contributed by atoms with Crippen molar-refractivity contribution in [3.05, 3.63) is 87.9 Å². The highest BCUT2D eigenvalue weighted by Crippen LogP contribution is 2.59. The number of aliphatic hydroxyl groups is 1. The predicted octanol–water partition coefficient (Wildman–Crippen LogP) is 4.67. The number of carbonyl (C=O) groups excluding carboxylic acids is 4. The van der Waals surface area contributed by atoms with E-state index in [0.29, 0.717) is 23.0 Å². The number of carbonyl (C=O) groups is 4. The van der Waals surface area contributed by atoms with E-state index in [1.54, 1.807) is 11.0 Å². The second-order valence-electron chi connectivity index (χ2n) is 13.6. The average molecular weight is 735 g/mol. The Kier molecular flexibility index (Phi) is 10.2. The lowest BCUT2D eigenvalue weighted by atomic mass is 9.74. The van der Waals surface area contributed by atoms with Gasteiger partial charge in [0.05, 0.1) is 30.5 Å². The molecule has 2 N–H and O–H groups in total. The van der Waals surface area contributed by atoms with E-state index < -0.39 is 59.5 Å². The molecule has 4 heterocycles. The maximum atomic E-state index is 15.3. The number of nitrogens with one attached hydrogen (secondary N) is 1. The number of hydrogen-bond donors (Lipinski definition) is 2. The molecule has 49 heavy (non-hydrogen) atoms. The summed E-state index contributed by atoms with van der Waals surface area (Å²) in [4.78, 5) is 60.5. The number of amides is 3. The number of ether oxygens (including phenoxy) is 2. The standard InChI is InChI=1S/C38H44BrN3O7/c1-5-23(3)29(20-43)42-34-37(47)41(28-18-22(2)15-16-24(28)4)17-11-7-10-14-30(44)48-21-27(25-12-8-6-9-13-25)40-35(45)31-32(36(42)46)38(34)19-26(39)33(31)49-38/h6-9,11-13,15-16,18-19,23,27,29,31-34,43H,5,10,14,17,20-21H2,1-4H3,(H,40,45)/b11-7-/t23-,27-,29-,31-,32+,33-,34-,38+/m0/s1. The molecule has 3 amide bonds. The van der Waals surface area contributed by atoms with Gasteiger partial charge in [0.1, 0.15) is 24.4 Å². The molecule has 6 rings (SSSR count). The number of rotatable bonds is 6. The zero-order valence-corrected chi connectivity index (χ0v) is 29.9. The number of aryl methyl sites for hydroxylation is 2. The molecule has 8 atom stereocenters. The molecule has 2 aromatic rings. The minimum absolute atomic E-state index is 0.0917. The van der Waals surface area contributed by atoms with Crippen LogP contribution in [0.25, 0.3) is 0 Å². The van der Waals surface area contributed by atoms with Crippen molar-refractivity contribution in [2.24, 2.45) is 17.8 Å². The van der Waals surface area contributed by atoms with Gasteiger partial charge in [0.15, 0.2) is 0 Å². The monoisotopic (exact) mass is 733 g/mol. The summed E-state index contributed by atoms with van der Waals surface area (Å²) in [6.07, 6.45) is 5.84. The summed E-state index contributed by atoms with van der Waals surface area (Å²) in [5, 5.41) is 13.8. The number of fused-ring (bicyclic) bond motifs is 2. The van der Waals surface area contributed by atoms with E-state index in [0.717, 1.165) is 16.7 Å². The average Bonchev–Trinajstić information content (AvgIpc) is 3.69. The quantitative estimate of drug-likeness (QED) is 0.327. The van der Waals surface area contributed by atoms with Gasteiger partial charge in [0, 0.05) is 23.1 Å². The number of allylic oxidation sites excluding steroid dienone is 1. The number of esters is 1. The molecule has 0 aromatic heterocycles. The van der Waals surface area contributed by atoms with Crippen molar-refractivity contribution in [3.8, 4) is 0 Å². The Hall–Kier alpha value is -3.80. The summed E-state index contributed by atoms with van der Waals surface area (Å²) in [6.45, 7) is 7.52. The van der Waals surface area contributed by atoms with E-state index in [9.17, 15) is 19.5 Å². The van der Waals surface area contributed by atoms with Crippen molar-refractivity contribution in [2.75, 3.05) is 24.7 Å². The van der Waals surface area contributed by atoms with Gasteiger partial charge in [0.2, 0.25) is 11.8 Å². The Bertz CT molecular complexity index is 1680. The largest absolute Gasteiger partial charge is 0.463 e. The van der Waals surface area contributed by atoms with Gasteiger partial charge in [0.25, 0.3) is 5.91 Å². The first kappa shape index (κ1) is 35.0. The van der Waals surface area contributed by atoms with E-state index in [1.807, 2.05) is 88.4 Å². The highest BCUT2D eigenvalue weighted by Gasteiger charge is 2.75. The predicted molar refractivity (Wildman–Crippen MR) is 187 cm³/mol. The van der Waals surface area contributed by atoms with Gasteiger partial charge in [-0.2, -0.15) is 0 Å². The molecule has 4 aliphatic heterocycles. The van der Waals surface area contributed by atoms with Crippen molar-refractivity contribution >= 4 is 45.3 Å². The Balaban J connectivity index is 1.51. The van der Waals surface area contributed by atoms with Crippen LogP contribution < -0.4 is 10.2 Å². The Labute approximate surface area is 295 Å². The number of halogens is 1. The Morgan fingerprint density at radius 1 is 1.06 bits per heavy atom. The molecule has 11 heteroatoms. The third kappa shape index (κ3) is 6.25. The second-order valence-corrected chi connectivity index (χ2v) is 14.5. The van der Waals surface area contributed by atoms with Gasteiger partial charge in [-0.15, -0.1) is 0 Å². The molecule has 0 aliphatic carbocycles. The maximum absolute atomic E-state index is 15.3. The van der Waals surface area contributed by atoms with Crippen LogP contribution in [0.3, 0.4) is 0 Å². The maximum Gasteiger partial charge on any atom is 0.306 e. The normalized spacial score (nSPS) is 30.8. The summed E-state index contributed by atoms with van der Waals surface area (Å²) < 4.78 is 13.0. The first-order chi connectivity index (χ1) is 23.5. The molecule has 0 saturated carbocycles. The van der Waals surface area contributed by atoms with Crippen molar-refractivity contribution in [2.45, 2.75) is 76.8 Å². The van der Waals surface area contributed by atoms with Crippen LogP contribution in [0.2, 0.25) is 0 Å². The van der Waals surface area contributed by atoms with Gasteiger partial charge >= 0.3 is 5.97 Å². The summed E-state index contributed by atoms with van der Waals surface area (Å²) in [6, 6.07) is 12.5. The third-order valence-corrected chi connectivity index (χ3v) is 11.2. The number of aliphatic hydroxyl groups excluding tert-OH is 1. The van der Waals surface area contributed by atoms with Crippen LogP contribution in [0.1, 0.15) is 55.8 Å². The highest BCUT2D eigenvalue weighted by molar-refractivity contribution is 9.11. The van der Waals surface area contributed by atoms with Gasteiger partial charge < -0.3 is 29.7 Å². The summed E-state index contributed by atoms with van der Waals surface area (Å²) >= 11 is 3.63. The van der Waals surface area contributed by atoms with Gasteiger partial charge in [-0.3, -0.25) is 19.2 Å². The molecule has 2 aromatic carbocycles. The summed E-state index contributed by atoms with van der Waals surface area (Å²) in [5.41, 5.74) is 1.77. The summed E-state index contributed by atoms with van der Waals surface area (Å²) in [7, 11) is 0. The Morgan fingerprint density at radius 2 is 1.82 bits per heavy atom. The van der Waals surface area contributed by atoms with E-state index in [4.69, 9.17) is 9.47 Å². The molecule has 260 valence electrons. The van der Waals surface area contributed by atoms with Crippen molar-refractivity contribution < 1.29 is 33.8 Å². The molecule has 2 fully saturated rings. The number of benzene rings is 2. The van der Waals surface area contributed by atoms with Crippen LogP contribution in [0, 0.1) is 31.6 Å². The number of nitrogens with zero attached hydrogens (tertiary/aromatic N) is 2. The lowest BCUT2D eigenvalue weighted by molar-refractivity contribution is -0.147. The lowest BCUT2D eigenvalue weighted by Crippen LogP contribution is -2.59. The smallest absolute Gasteiger partial charge is 0.306 e. The van der Waals surface area contributed by atoms with Crippen LogP contribution in [0.5, 0.6) is 0 Å². The fourth-order valence-electron chi connectivity index (χ4n) is 7.79. The zero-order chi connectivity index (χ0) is 35.0. The number of anilines is 1. The van der Waals surface area contributed by atoms with Crippen molar-refractivity contribution in [1.82, 2.24) is 10.2 Å². The molecule has 10 nitrogen and oxygen atoms in total. The van der Waals surface area contributed by atoms with E-state index in [-0.39, 0.29) is 38.0 Å². The fraction of sp³-hybridized carbons (Fsp3) is 0.474. The van der Waals surface area contributed by atoms with E-state index >= 15 is 4.79 Å². The minimum atomic E-state index is -1.47. The molecule has 4 aliphatic rings. The topological polar surface area (TPSA) is 125 Å². The Morgan fingerprint density at radius 3 is 2.53 bits per heavy atom. The number of cyclic esters (lactones) is 1. The molecular formula is C38H44BrN3O7. The van der Waals surface area contributed by atoms with Gasteiger partial charge in [-0.05, 0) is 55.0 Å². The van der Waals surface area contributed by atoms with Crippen LogP contribution in [0.15, 0.2) is 71.2 Å². The molecule has 5 bridgehead atoms. The first-order valence-corrected chi connectivity index (χ1v) is 17.8. The first-order valence-electron chi connectivity index (χ1n) is 17.1. The van der Waals surface area contributed by atoms with Crippen molar-refractivity contribution in [1.29, 1.82) is 0 Å². The molecule has 1 spiro atoms. The van der Waals surface area contributed by atoms with E-state index in [1.165, 1.54) is 4.90 Å². The minimum Gasteiger partial charge on any atom is -0.463 e. The second kappa shape index (κ2) is 14.2. The lowest BCUT2D eigenvalue weighted by Gasteiger charge is -2.40. The van der Waals surface area contributed by atoms with Crippen molar-refractivity contribution in [3.63, 3.8) is 0 Å². The van der Waals surface area contributed by atoms with Gasteiger partial charge in [-0.1, -0.05) is 90.8 Å². The molecule has 0 radical (unpaired) electrons. The molecule has 0 unspecified atom stereocenters. The summed E-state index contributed by atoms with van der Waals surface area (Å²) in [5.74, 6) is -3.82. The number of likely N-dealkylation sites (tertiary alicyclic amines) is 1. The van der Waals surface area contributed by atoms with Crippen LogP contribution in [0.4, 0.5) is 5.69 Å². The highest BCUT2D eigenvalue weighted by atomic mass is 79.9. The molecular weight excluding hydrogens is 690 g/mol. The van der Waals surface area contributed by atoms with E-state index in [2.05, 4.69) is 21.2 Å². The van der Waals surface area contributed by atoms with Gasteiger partial charge in [-0.25, -0.2) is 0 Å². The molecule has 2 saturated heterocycles. The number of hydrogen-bond acceptors (Lipinski definition) is 7. The van der Waals surface area contributed by atoms with Crippen LogP contribution >= 0.6 is 15.9 Å². The third-order valence-electron chi connectivity index (χ3n) is 10.6. The fourth-order valence-corrected chi connectivity index (χ4v) is 8.53. The van der Waals surface area contributed by atoms with Crippen LogP contribution in [-0.4, -0.2) is 77.2 Å². The zero-order valence-electron chi connectivity index (χ0n) is 28.3. The van der Waals surface area contributed by atoms with Crippen LogP contribution in [-0.2, 0) is 28.7 Å². The SMILES string of the molecule is CC[C@H](C)[C@H](CO)N1C(=O)[C@H]2[C@@H]3C(=O)N[C@H](c4ccccc4)COC(=O)CC/C=C\CN(c4cc(C)ccc4C)C(=O)[C@H]1[C@@]21C=C(Br)[C@@H]3O1.